The van der Waals surface area contributed by atoms with E-state index in [0.29, 0.717) is 6.10 Å². The highest BCUT2D eigenvalue weighted by molar-refractivity contribution is 5.82. The first-order chi connectivity index (χ1) is 12.7. The van der Waals surface area contributed by atoms with Gasteiger partial charge in [-0.3, -0.25) is 9.88 Å². The smallest absolute Gasteiger partial charge is 0.120 e. The fourth-order valence-electron chi connectivity index (χ4n) is 3.78. The van der Waals surface area contributed by atoms with Crippen molar-refractivity contribution in [1.29, 1.82) is 0 Å². The Bertz CT molecular complexity index is 898. The van der Waals surface area contributed by atoms with E-state index in [1.165, 1.54) is 22.1 Å². The maximum Gasteiger partial charge on any atom is 0.120 e. The molecule has 2 aromatic carbocycles. The molecule has 0 amide bonds. The van der Waals surface area contributed by atoms with Crippen LogP contribution in [0.3, 0.4) is 0 Å². The molecule has 2 heterocycles. The standard InChI is InChI=1S/C23H26N2O/c1-17-3-4-21(18(2)13-17)16-25-11-8-22(9-12-25)26-23-6-5-20-15-24-10-7-19(20)14-23/h3-7,10,13-15,22H,8-9,11-12,16H2,1-2H3. The van der Waals surface area contributed by atoms with Gasteiger partial charge in [-0.1, -0.05) is 23.8 Å². The molecule has 3 heteroatoms. The molecule has 0 bridgehead atoms. The summed E-state index contributed by atoms with van der Waals surface area (Å²) in [5.41, 5.74) is 4.18. The van der Waals surface area contributed by atoms with Gasteiger partial charge in [0.25, 0.3) is 0 Å². The van der Waals surface area contributed by atoms with E-state index in [4.69, 9.17) is 4.74 Å². The lowest BCUT2D eigenvalue weighted by Gasteiger charge is -2.32. The Morgan fingerprint density at radius 1 is 1.00 bits per heavy atom. The van der Waals surface area contributed by atoms with Gasteiger partial charge >= 0.3 is 0 Å². The molecule has 3 nitrogen and oxygen atoms in total. The van der Waals surface area contributed by atoms with Crippen molar-refractivity contribution < 1.29 is 4.74 Å². The molecular weight excluding hydrogens is 320 g/mol. The number of ether oxygens (including phenoxy) is 1. The third kappa shape index (κ3) is 3.88. The monoisotopic (exact) mass is 346 g/mol. The summed E-state index contributed by atoms with van der Waals surface area (Å²) >= 11 is 0. The molecule has 0 saturated carbocycles. The van der Waals surface area contributed by atoms with Crippen molar-refractivity contribution in [1.82, 2.24) is 9.88 Å². The summed E-state index contributed by atoms with van der Waals surface area (Å²) in [6.45, 7) is 7.60. The van der Waals surface area contributed by atoms with Gasteiger partial charge in [0.2, 0.25) is 0 Å². The number of nitrogens with zero attached hydrogens (tertiary/aromatic N) is 2. The van der Waals surface area contributed by atoms with Crippen molar-refractivity contribution in [3.8, 4) is 5.75 Å². The van der Waals surface area contributed by atoms with E-state index in [-0.39, 0.29) is 0 Å². The van der Waals surface area contributed by atoms with Crippen molar-refractivity contribution in [3.63, 3.8) is 0 Å². The van der Waals surface area contributed by atoms with Crippen LogP contribution in [0.1, 0.15) is 29.5 Å². The highest BCUT2D eigenvalue weighted by atomic mass is 16.5. The molecule has 0 spiro atoms. The number of benzene rings is 2. The third-order valence-electron chi connectivity index (χ3n) is 5.34. The summed E-state index contributed by atoms with van der Waals surface area (Å²) in [7, 11) is 0. The fourth-order valence-corrected chi connectivity index (χ4v) is 3.78. The minimum atomic E-state index is 0.310. The molecule has 0 aliphatic carbocycles. The zero-order valence-electron chi connectivity index (χ0n) is 15.6. The van der Waals surface area contributed by atoms with Crippen molar-refractivity contribution in [2.24, 2.45) is 0 Å². The SMILES string of the molecule is Cc1ccc(CN2CCC(Oc3ccc4cnccc4c3)CC2)c(C)c1. The summed E-state index contributed by atoms with van der Waals surface area (Å²) in [6.07, 6.45) is 6.20. The van der Waals surface area contributed by atoms with Crippen LogP contribution in [0.2, 0.25) is 0 Å². The lowest BCUT2D eigenvalue weighted by molar-refractivity contribution is 0.0968. The average molecular weight is 346 g/mol. The number of pyridine rings is 1. The minimum absolute atomic E-state index is 0.310. The van der Waals surface area contributed by atoms with Crippen LogP contribution in [-0.2, 0) is 6.54 Å². The normalized spacial score (nSPS) is 16.1. The van der Waals surface area contributed by atoms with Crippen molar-refractivity contribution in [2.75, 3.05) is 13.1 Å². The Hall–Kier alpha value is -2.39. The number of hydrogen-bond donors (Lipinski definition) is 0. The molecule has 0 radical (unpaired) electrons. The summed E-state index contributed by atoms with van der Waals surface area (Å²) in [5.74, 6) is 0.969. The zero-order chi connectivity index (χ0) is 17.9. The van der Waals surface area contributed by atoms with Crippen LogP contribution in [0.25, 0.3) is 10.8 Å². The van der Waals surface area contributed by atoms with Crippen molar-refractivity contribution in [3.05, 3.63) is 71.5 Å². The van der Waals surface area contributed by atoms with Gasteiger partial charge in [-0.25, -0.2) is 0 Å². The first-order valence-corrected chi connectivity index (χ1v) is 9.46. The molecule has 26 heavy (non-hydrogen) atoms. The molecule has 3 aromatic rings. The van der Waals surface area contributed by atoms with Crippen LogP contribution >= 0.6 is 0 Å². The molecule has 1 saturated heterocycles. The van der Waals surface area contributed by atoms with Gasteiger partial charge in [-0.15, -0.1) is 0 Å². The van der Waals surface area contributed by atoms with E-state index in [1.54, 1.807) is 0 Å². The van der Waals surface area contributed by atoms with E-state index in [2.05, 4.69) is 60.1 Å². The zero-order valence-corrected chi connectivity index (χ0v) is 15.6. The number of rotatable bonds is 4. The Morgan fingerprint density at radius 2 is 1.85 bits per heavy atom. The first kappa shape index (κ1) is 17.0. The molecule has 4 rings (SSSR count). The lowest BCUT2D eigenvalue weighted by Crippen LogP contribution is -2.37. The predicted molar refractivity (Wildman–Crippen MR) is 107 cm³/mol. The quantitative estimate of drug-likeness (QED) is 0.672. The van der Waals surface area contributed by atoms with Gasteiger partial charge in [0.1, 0.15) is 11.9 Å². The number of aromatic nitrogens is 1. The number of fused-ring (bicyclic) bond motifs is 1. The largest absolute Gasteiger partial charge is 0.490 e. The topological polar surface area (TPSA) is 25.4 Å². The molecule has 0 N–H and O–H groups in total. The summed E-state index contributed by atoms with van der Waals surface area (Å²) in [6, 6.07) is 15.1. The highest BCUT2D eigenvalue weighted by Gasteiger charge is 2.21. The van der Waals surface area contributed by atoms with Crippen LogP contribution in [0.4, 0.5) is 0 Å². The van der Waals surface area contributed by atoms with E-state index < -0.39 is 0 Å². The second-order valence-electron chi connectivity index (χ2n) is 7.41. The van der Waals surface area contributed by atoms with E-state index in [0.717, 1.165) is 43.6 Å². The van der Waals surface area contributed by atoms with Crippen LogP contribution in [0.5, 0.6) is 5.75 Å². The number of aryl methyl sites for hydroxylation is 2. The first-order valence-electron chi connectivity index (χ1n) is 9.46. The molecule has 1 fully saturated rings. The number of hydrogen-bond acceptors (Lipinski definition) is 3. The summed E-state index contributed by atoms with van der Waals surface area (Å²) < 4.78 is 6.25. The Labute approximate surface area is 155 Å². The Morgan fingerprint density at radius 3 is 2.65 bits per heavy atom. The van der Waals surface area contributed by atoms with Crippen LogP contribution < -0.4 is 4.74 Å². The maximum absolute atomic E-state index is 6.25. The number of piperidine rings is 1. The molecule has 1 aliphatic rings. The van der Waals surface area contributed by atoms with E-state index in [1.807, 2.05) is 18.5 Å². The van der Waals surface area contributed by atoms with Crippen LogP contribution in [-0.4, -0.2) is 29.1 Å². The lowest BCUT2D eigenvalue weighted by atomic mass is 10.0. The van der Waals surface area contributed by atoms with Crippen LogP contribution in [0.15, 0.2) is 54.9 Å². The van der Waals surface area contributed by atoms with Crippen molar-refractivity contribution >= 4 is 10.8 Å². The Balaban J connectivity index is 1.34. The Kier molecular flexibility index (Phi) is 4.89. The molecule has 0 atom stereocenters. The third-order valence-corrected chi connectivity index (χ3v) is 5.34. The van der Waals surface area contributed by atoms with E-state index in [9.17, 15) is 0 Å². The summed E-state index contributed by atoms with van der Waals surface area (Å²) in [4.78, 5) is 6.71. The molecular formula is C23H26N2O. The van der Waals surface area contributed by atoms with Gasteiger partial charge in [0.15, 0.2) is 0 Å². The molecule has 1 aromatic heterocycles. The molecule has 1 aliphatic heterocycles. The minimum Gasteiger partial charge on any atom is -0.490 e. The second kappa shape index (κ2) is 7.46. The number of likely N-dealkylation sites (tertiary alicyclic amines) is 1. The van der Waals surface area contributed by atoms with Crippen molar-refractivity contribution in [2.45, 2.75) is 39.3 Å². The van der Waals surface area contributed by atoms with E-state index >= 15 is 0 Å². The highest BCUT2D eigenvalue weighted by Crippen LogP contribution is 2.24. The second-order valence-corrected chi connectivity index (χ2v) is 7.41. The van der Waals surface area contributed by atoms with Crippen LogP contribution in [0, 0.1) is 13.8 Å². The van der Waals surface area contributed by atoms with Gasteiger partial charge in [0, 0.05) is 37.4 Å². The van der Waals surface area contributed by atoms with Gasteiger partial charge in [0.05, 0.1) is 0 Å². The average Bonchev–Trinajstić information content (AvgIpc) is 2.65. The summed E-state index contributed by atoms with van der Waals surface area (Å²) in [5, 5.41) is 2.34. The van der Waals surface area contributed by atoms with Gasteiger partial charge in [-0.2, -0.15) is 0 Å². The van der Waals surface area contributed by atoms with Gasteiger partial charge in [-0.05, 0) is 67.5 Å². The molecule has 0 unspecified atom stereocenters. The van der Waals surface area contributed by atoms with Gasteiger partial charge < -0.3 is 4.74 Å². The molecule has 134 valence electrons. The maximum atomic E-state index is 6.25. The predicted octanol–water partition coefficient (Wildman–Crippen LogP) is 4.90. The fraction of sp³-hybridized carbons (Fsp3) is 0.348.